The average molecular weight is 616 g/mol. The zero-order chi connectivity index (χ0) is 30.5. The second-order valence-corrected chi connectivity index (χ2v) is 9.21. The Kier molecular flexibility index (Phi) is 13.5. The molecule has 0 aliphatic carbocycles. The van der Waals surface area contributed by atoms with E-state index in [2.05, 4.69) is 26.3 Å². The molecule has 4 amide bonds. The molecule has 14 nitrogen and oxygen atoms in total. The fraction of sp³-hybridized carbons (Fsp3) is 0.286. The average Bonchev–Trinajstić information content (AvgIpc) is 2.95. The Morgan fingerprint density at radius 2 is 1.70 bits per heavy atom. The van der Waals surface area contributed by atoms with E-state index in [9.17, 15) is 24.0 Å². The van der Waals surface area contributed by atoms with E-state index in [1.165, 1.54) is 12.1 Å². The lowest BCUT2D eigenvalue weighted by Gasteiger charge is -2.19. The lowest BCUT2D eigenvalue weighted by Crippen LogP contribution is -2.48. The van der Waals surface area contributed by atoms with Gasteiger partial charge in [0.25, 0.3) is 0 Å². The summed E-state index contributed by atoms with van der Waals surface area (Å²) in [7, 11) is 0. The topological polar surface area (TPSA) is 220 Å². The van der Waals surface area contributed by atoms with Crippen molar-refractivity contribution in [3.63, 3.8) is 0 Å². The summed E-state index contributed by atoms with van der Waals surface area (Å²) < 4.78 is 10.3. The van der Waals surface area contributed by atoms with Crippen LogP contribution in [0.1, 0.15) is 24.0 Å². The number of rotatable bonds is 13. The Labute approximate surface area is 253 Å². The van der Waals surface area contributed by atoms with Crippen molar-refractivity contribution in [2.75, 3.05) is 25.0 Å². The molecule has 0 spiro atoms. The van der Waals surface area contributed by atoms with Gasteiger partial charge in [-0.1, -0.05) is 30.3 Å². The number of carbonyl (C=O) groups is 4. The van der Waals surface area contributed by atoms with Crippen LogP contribution in [0.15, 0.2) is 68.8 Å². The molecule has 1 atom stereocenters. The molecule has 0 fully saturated rings. The lowest BCUT2D eigenvalue weighted by molar-refractivity contribution is -0.128. The standard InChI is InChI=1S/C28H33N7O7.ClH/c1-17-12-25(38)42-22-13-19(9-10-20(17)22)34-26(39)21(8-5-11-31-27(29)30)35-24(37)15-32-23(36)14-33-28(40)41-16-18-6-3-2-4-7-18;/h2-4,6-7,9-10,12-13,21H,5,8,11,14-16H2,1H3,(H,32,36)(H,33,40)(H,34,39)(H,35,37)(H4,29,30,31);1H. The second-order valence-electron chi connectivity index (χ2n) is 9.21. The van der Waals surface area contributed by atoms with Crippen molar-refractivity contribution >= 4 is 58.8 Å². The number of benzene rings is 2. The van der Waals surface area contributed by atoms with Gasteiger partial charge in [-0.25, -0.2) is 9.59 Å². The summed E-state index contributed by atoms with van der Waals surface area (Å²) in [5, 5.41) is 10.7. The van der Waals surface area contributed by atoms with Crippen LogP contribution >= 0.6 is 12.4 Å². The van der Waals surface area contributed by atoms with Crippen molar-refractivity contribution in [3.8, 4) is 0 Å². The molecule has 0 bridgehead atoms. The molecule has 0 saturated heterocycles. The lowest BCUT2D eigenvalue weighted by atomic mass is 10.1. The van der Waals surface area contributed by atoms with Crippen molar-refractivity contribution in [1.29, 1.82) is 0 Å². The van der Waals surface area contributed by atoms with Crippen LogP contribution in [0.25, 0.3) is 11.0 Å². The number of halogens is 1. The molecule has 2 aromatic carbocycles. The van der Waals surface area contributed by atoms with Gasteiger partial charge in [-0.3, -0.25) is 19.4 Å². The normalized spacial score (nSPS) is 10.9. The molecule has 0 aliphatic heterocycles. The Hall–Kier alpha value is -5.11. The van der Waals surface area contributed by atoms with Crippen LogP contribution in [0, 0.1) is 6.92 Å². The highest BCUT2D eigenvalue weighted by molar-refractivity contribution is 5.99. The first-order chi connectivity index (χ1) is 20.1. The molecule has 1 aromatic heterocycles. The molecule has 3 aromatic rings. The number of amides is 4. The summed E-state index contributed by atoms with van der Waals surface area (Å²) in [6, 6.07) is 14.2. The van der Waals surface area contributed by atoms with Gasteiger partial charge in [0, 0.05) is 29.8 Å². The molecule has 8 N–H and O–H groups in total. The van der Waals surface area contributed by atoms with Crippen molar-refractivity contribution in [2.24, 2.45) is 16.5 Å². The Bertz CT molecular complexity index is 1510. The maximum atomic E-state index is 13.1. The molecule has 1 unspecified atom stereocenters. The van der Waals surface area contributed by atoms with E-state index in [-0.39, 0.29) is 37.9 Å². The summed E-state index contributed by atoms with van der Waals surface area (Å²) in [6.07, 6.45) is -0.249. The van der Waals surface area contributed by atoms with Crippen molar-refractivity contribution in [1.82, 2.24) is 16.0 Å². The quantitative estimate of drug-likeness (QED) is 0.0699. The number of guanidine groups is 1. The van der Waals surface area contributed by atoms with Gasteiger partial charge in [0.1, 0.15) is 24.8 Å². The number of aryl methyl sites for hydroxylation is 1. The predicted molar refractivity (Wildman–Crippen MR) is 163 cm³/mol. The van der Waals surface area contributed by atoms with Crippen LogP contribution < -0.4 is 38.4 Å². The van der Waals surface area contributed by atoms with E-state index in [1.54, 1.807) is 43.3 Å². The highest BCUT2D eigenvalue weighted by Crippen LogP contribution is 2.21. The first kappa shape index (κ1) is 34.1. The summed E-state index contributed by atoms with van der Waals surface area (Å²) in [5.41, 5.74) is 12.3. The molecular weight excluding hydrogens is 582 g/mol. The fourth-order valence-corrected chi connectivity index (χ4v) is 3.82. The number of nitrogens with zero attached hydrogens (tertiary/aromatic N) is 1. The third kappa shape index (κ3) is 11.7. The van der Waals surface area contributed by atoms with Gasteiger partial charge in [-0.15, -0.1) is 12.4 Å². The molecule has 0 aliphatic rings. The van der Waals surface area contributed by atoms with Crippen LogP contribution in [-0.2, 0) is 25.7 Å². The fourth-order valence-electron chi connectivity index (χ4n) is 3.82. The van der Waals surface area contributed by atoms with Gasteiger partial charge in [-0.2, -0.15) is 0 Å². The van der Waals surface area contributed by atoms with Crippen molar-refractivity contribution in [3.05, 3.63) is 76.1 Å². The molecule has 0 saturated carbocycles. The first-order valence-electron chi connectivity index (χ1n) is 13.0. The van der Waals surface area contributed by atoms with E-state index < -0.39 is 48.6 Å². The SMILES string of the molecule is Cc1cc(=O)oc2cc(NC(=O)C(CCCN=C(N)N)NC(=O)CNC(=O)CNC(=O)OCc3ccccc3)ccc12.Cl. The summed E-state index contributed by atoms with van der Waals surface area (Å²) in [4.78, 5) is 65.2. The number of carbonyl (C=O) groups excluding carboxylic acids is 4. The largest absolute Gasteiger partial charge is 0.445 e. The minimum atomic E-state index is -1.00. The Morgan fingerprint density at radius 3 is 2.42 bits per heavy atom. The zero-order valence-corrected chi connectivity index (χ0v) is 24.2. The zero-order valence-electron chi connectivity index (χ0n) is 23.4. The molecule has 3 rings (SSSR count). The van der Waals surface area contributed by atoms with Gasteiger partial charge >= 0.3 is 11.7 Å². The third-order valence-electron chi connectivity index (χ3n) is 5.87. The number of ether oxygens (including phenoxy) is 1. The van der Waals surface area contributed by atoms with E-state index in [0.717, 1.165) is 11.1 Å². The van der Waals surface area contributed by atoms with Gasteiger partial charge in [-0.05, 0) is 43.0 Å². The van der Waals surface area contributed by atoms with Crippen molar-refractivity contribution in [2.45, 2.75) is 32.4 Å². The van der Waals surface area contributed by atoms with Gasteiger partial charge < -0.3 is 41.9 Å². The third-order valence-corrected chi connectivity index (χ3v) is 5.87. The van der Waals surface area contributed by atoms with Gasteiger partial charge in [0.2, 0.25) is 17.7 Å². The minimum absolute atomic E-state index is 0. The van der Waals surface area contributed by atoms with Crippen LogP contribution in [0.4, 0.5) is 10.5 Å². The maximum absolute atomic E-state index is 13.1. The molecular formula is C28H34ClN7O7. The summed E-state index contributed by atoms with van der Waals surface area (Å²) in [5.74, 6) is -1.93. The number of alkyl carbamates (subject to hydrolysis) is 1. The molecule has 15 heteroatoms. The van der Waals surface area contributed by atoms with Gasteiger partial charge in [0.15, 0.2) is 5.96 Å². The molecule has 230 valence electrons. The number of fused-ring (bicyclic) bond motifs is 1. The predicted octanol–water partition coefficient (Wildman–Crippen LogP) is 1.04. The number of hydrogen-bond acceptors (Lipinski definition) is 8. The Balaban J connectivity index is 0.00000645. The number of aliphatic imine (C=N–C) groups is 1. The van der Waals surface area contributed by atoms with E-state index >= 15 is 0 Å². The molecule has 1 heterocycles. The second kappa shape index (κ2) is 17.0. The summed E-state index contributed by atoms with van der Waals surface area (Å²) >= 11 is 0. The first-order valence-corrected chi connectivity index (χ1v) is 13.0. The smallest absolute Gasteiger partial charge is 0.407 e. The number of anilines is 1. The Morgan fingerprint density at radius 1 is 0.977 bits per heavy atom. The molecule has 0 radical (unpaired) electrons. The highest BCUT2D eigenvalue weighted by Gasteiger charge is 2.21. The minimum Gasteiger partial charge on any atom is -0.445 e. The van der Waals surface area contributed by atoms with Gasteiger partial charge in [0.05, 0.1) is 6.54 Å². The number of nitrogens with two attached hydrogens (primary N) is 2. The van der Waals surface area contributed by atoms with Crippen molar-refractivity contribution < 1.29 is 28.3 Å². The highest BCUT2D eigenvalue weighted by atomic mass is 35.5. The van der Waals surface area contributed by atoms with E-state index in [1.807, 2.05) is 6.07 Å². The van der Waals surface area contributed by atoms with Crippen LogP contribution in [0.5, 0.6) is 0 Å². The van der Waals surface area contributed by atoms with Crippen LogP contribution in [-0.4, -0.2) is 55.5 Å². The summed E-state index contributed by atoms with van der Waals surface area (Å²) in [6.45, 7) is 1.17. The number of hydrogen-bond donors (Lipinski definition) is 6. The maximum Gasteiger partial charge on any atom is 0.407 e. The number of nitrogens with one attached hydrogen (secondary N) is 4. The van der Waals surface area contributed by atoms with E-state index in [4.69, 9.17) is 20.6 Å². The van der Waals surface area contributed by atoms with Crippen LogP contribution in [0.2, 0.25) is 0 Å². The van der Waals surface area contributed by atoms with E-state index in [0.29, 0.717) is 23.1 Å². The monoisotopic (exact) mass is 615 g/mol. The van der Waals surface area contributed by atoms with Crippen LogP contribution in [0.3, 0.4) is 0 Å². The molecule has 43 heavy (non-hydrogen) atoms.